The van der Waals surface area contributed by atoms with Crippen molar-refractivity contribution in [3.05, 3.63) is 46.7 Å². The minimum Gasteiger partial charge on any atom is -0.444 e. The summed E-state index contributed by atoms with van der Waals surface area (Å²) < 4.78 is 8.11. The van der Waals surface area contributed by atoms with Crippen LogP contribution >= 0.6 is 15.9 Å². The van der Waals surface area contributed by atoms with E-state index >= 15 is 0 Å². The van der Waals surface area contributed by atoms with Crippen LogP contribution in [-0.4, -0.2) is 38.4 Å². The number of furan rings is 1. The first-order chi connectivity index (χ1) is 11.7. The van der Waals surface area contributed by atoms with Crippen molar-refractivity contribution in [3.63, 3.8) is 0 Å². The van der Waals surface area contributed by atoms with E-state index in [2.05, 4.69) is 32.4 Å². The van der Waals surface area contributed by atoms with Gasteiger partial charge in [-0.05, 0) is 53.5 Å². The van der Waals surface area contributed by atoms with Gasteiger partial charge in [0.25, 0.3) is 5.91 Å². The summed E-state index contributed by atoms with van der Waals surface area (Å²) in [6.45, 7) is 4.28. The molecule has 4 rings (SSSR count). The van der Waals surface area contributed by atoms with Crippen LogP contribution in [-0.2, 0) is 6.54 Å². The fourth-order valence-electron chi connectivity index (χ4n) is 3.34. The predicted octanol–water partition coefficient (Wildman–Crippen LogP) is 3.44. The first-order valence-corrected chi connectivity index (χ1v) is 8.82. The maximum absolute atomic E-state index is 12.5. The smallest absolute Gasteiger partial charge is 0.289 e. The second-order valence-electron chi connectivity index (χ2n) is 5.90. The Kier molecular flexibility index (Phi) is 3.88. The van der Waals surface area contributed by atoms with Gasteiger partial charge in [-0.25, -0.2) is 9.97 Å². The van der Waals surface area contributed by atoms with Crippen molar-refractivity contribution in [2.45, 2.75) is 25.8 Å². The van der Waals surface area contributed by atoms with Crippen LogP contribution in [0.4, 0.5) is 0 Å². The number of aromatic nitrogens is 3. The van der Waals surface area contributed by atoms with Gasteiger partial charge in [-0.3, -0.25) is 4.79 Å². The molecule has 0 bridgehead atoms. The first-order valence-electron chi connectivity index (χ1n) is 8.03. The SMILES string of the molecule is CCn1c([C@H]2CCN(C(=O)c3ccc(Br)o3)C2)nc2cccnc21. The van der Waals surface area contributed by atoms with E-state index in [1.165, 1.54) is 0 Å². The number of carbonyl (C=O) groups excluding carboxylic acids is 1. The molecule has 7 heteroatoms. The van der Waals surface area contributed by atoms with Gasteiger partial charge >= 0.3 is 0 Å². The molecule has 1 aliphatic rings. The lowest BCUT2D eigenvalue weighted by Gasteiger charge is -2.15. The molecule has 0 unspecified atom stereocenters. The Balaban J connectivity index is 1.60. The molecule has 6 nitrogen and oxygen atoms in total. The molecule has 1 amide bonds. The minimum atomic E-state index is -0.0690. The zero-order chi connectivity index (χ0) is 16.7. The van der Waals surface area contributed by atoms with Gasteiger partial charge in [-0.1, -0.05) is 0 Å². The van der Waals surface area contributed by atoms with E-state index in [0.717, 1.165) is 30.0 Å². The Hall–Kier alpha value is -2.15. The number of aryl methyl sites for hydroxylation is 1. The van der Waals surface area contributed by atoms with Gasteiger partial charge in [0, 0.05) is 31.7 Å². The Morgan fingerprint density at radius 3 is 3.04 bits per heavy atom. The van der Waals surface area contributed by atoms with E-state index < -0.39 is 0 Å². The van der Waals surface area contributed by atoms with Gasteiger partial charge in [0.15, 0.2) is 16.1 Å². The molecule has 1 saturated heterocycles. The summed E-state index contributed by atoms with van der Waals surface area (Å²) in [4.78, 5) is 23.6. The van der Waals surface area contributed by atoms with E-state index in [0.29, 0.717) is 23.5 Å². The summed E-state index contributed by atoms with van der Waals surface area (Å²) in [6.07, 6.45) is 2.69. The highest BCUT2D eigenvalue weighted by Gasteiger charge is 2.32. The topological polar surface area (TPSA) is 64.2 Å². The third kappa shape index (κ3) is 2.53. The van der Waals surface area contributed by atoms with Gasteiger partial charge in [-0.2, -0.15) is 0 Å². The normalized spacial score (nSPS) is 17.8. The number of rotatable bonds is 3. The second kappa shape index (κ2) is 6.05. The molecule has 1 atom stereocenters. The summed E-state index contributed by atoms with van der Waals surface area (Å²) in [5, 5.41) is 0. The zero-order valence-electron chi connectivity index (χ0n) is 13.3. The molecule has 3 aromatic rings. The average molecular weight is 389 g/mol. The van der Waals surface area contributed by atoms with E-state index in [-0.39, 0.29) is 11.8 Å². The highest BCUT2D eigenvalue weighted by atomic mass is 79.9. The molecule has 0 saturated carbocycles. The van der Waals surface area contributed by atoms with Gasteiger partial charge in [0.2, 0.25) is 0 Å². The number of likely N-dealkylation sites (tertiary alicyclic amines) is 1. The Morgan fingerprint density at radius 1 is 1.42 bits per heavy atom. The number of nitrogens with zero attached hydrogens (tertiary/aromatic N) is 4. The number of carbonyl (C=O) groups is 1. The third-order valence-corrected chi connectivity index (χ3v) is 4.90. The van der Waals surface area contributed by atoms with E-state index in [4.69, 9.17) is 9.40 Å². The lowest BCUT2D eigenvalue weighted by Crippen LogP contribution is -2.28. The lowest BCUT2D eigenvalue weighted by molar-refractivity contribution is 0.0757. The van der Waals surface area contributed by atoms with Crippen molar-refractivity contribution in [2.24, 2.45) is 0 Å². The summed E-state index contributed by atoms with van der Waals surface area (Å²) >= 11 is 3.24. The molecule has 0 radical (unpaired) electrons. The molecule has 4 heterocycles. The largest absolute Gasteiger partial charge is 0.444 e. The van der Waals surface area contributed by atoms with Crippen molar-refractivity contribution in [1.29, 1.82) is 0 Å². The van der Waals surface area contributed by atoms with Gasteiger partial charge in [0.05, 0.1) is 0 Å². The van der Waals surface area contributed by atoms with Crippen LogP contribution < -0.4 is 0 Å². The molecule has 124 valence electrons. The first kappa shape index (κ1) is 15.4. The number of fused-ring (bicyclic) bond motifs is 1. The molecule has 3 aromatic heterocycles. The summed E-state index contributed by atoms with van der Waals surface area (Å²) in [5.41, 5.74) is 1.82. The monoisotopic (exact) mass is 388 g/mol. The summed E-state index contributed by atoms with van der Waals surface area (Å²) in [6, 6.07) is 7.32. The predicted molar refractivity (Wildman–Crippen MR) is 92.9 cm³/mol. The Bertz CT molecular complexity index is 901. The average Bonchev–Trinajstić information content (AvgIpc) is 3.31. The minimum absolute atomic E-state index is 0.0690. The van der Waals surface area contributed by atoms with E-state index in [9.17, 15) is 4.79 Å². The Morgan fingerprint density at radius 2 is 2.29 bits per heavy atom. The second-order valence-corrected chi connectivity index (χ2v) is 6.68. The van der Waals surface area contributed by atoms with Crippen LogP contribution in [0.3, 0.4) is 0 Å². The molecule has 0 aromatic carbocycles. The van der Waals surface area contributed by atoms with Crippen LogP contribution in [0.1, 0.15) is 35.6 Å². The lowest BCUT2D eigenvalue weighted by atomic mass is 10.1. The number of halogens is 1. The van der Waals surface area contributed by atoms with Crippen LogP contribution in [0.15, 0.2) is 39.5 Å². The summed E-state index contributed by atoms with van der Waals surface area (Å²) in [5.74, 6) is 1.54. The third-order valence-electron chi connectivity index (χ3n) is 4.47. The van der Waals surface area contributed by atoms with Gasteiger partial charge in [-0.15, -0.1) is 0 Å². The Labute approximate surface area is 147 Å². The maximum atomic E-state index is 12.5. The van der Waals surface area contributed by atoms with Gasteiger partial charge in [0.1, 0.15) is 11.3 Å². The number of imidazole rings is 1. The summed E-state index contributed by atoms with van der Waals surface area (Å²) in [7, 11) is 0. The number of hydrogen-bond acceptors (Lipinski definition) is 4. The molecular weight excluding hydrogens is 372 g/mol. The number of pyridine rings is 1. The highest BCUT2D eigenvalue weighted by Crippen LogP contribution is 2.30. The molecule has 1 aliphatic heterocycles. The van der Waals surface area contributed by atoms with Crippen molar-refractivity contribution in [3.8, 4) is 0 Å². The quantitative estimate of drug-likeness (QED) is 0.689. The van der Waals surface area contributed by atoms with Crippen molar-refractivity contribution >= 4 is 33.0 Å². The molecule has 0 spiro atoms. The standard InChI is InChI=1S/C17H17BrN4O2/c1-2-22-15(20-12-4-3-8-19-16(12)22)11-7-9-21(10-11)17(23)13-5-6-14(18)24-13/h3-6,8,11H,2,7,9-10H2,1H3/t11-/m0/s1. The van der Waals surface area contributed by atoms with E-state index in [1.54, 1.807) is 18.3 Å². The van der Waals surface area contributed by atoms with Crippen molar-refractivity contribution in [1.82, 2.24) is 19.4 Å². The molecule has 0 aliphatic carbocycles. The van der Waals surface area contributed by atoms with Crippen molar-refractivity contribution in [2.75, 3.05) is 13.1 Å². The van der Waals surface area contributed by atoms with Gasteiger partial charge < -0.3 is 13.9 Å². The van der Waals surface area contributed by atoms with Crippen molar-refractivity contribution < 1.29 is 9.21 Å². The molecule has 1 fully saturated rings. The highest BCUT2D eigenvalue weighted by molar-refractivity contribution is 9.10. The number of hydrogen-bond donors (Lipinski definition) is 0. The number of amides is 1. The zero-order valence-corrected chi connectivity index (χ0v) is 14.9. The van der Waals surface area contributed by atoms with E-state index in [1.807, 2.05) is 17.0 Å². The van der Waals surface area contributed by atoms with Crippen LogP contribution in [0.25, 0.3) is 11.2 Å². The molecule has 24 heavy (non-hydrogen) atoms. The molecular formula is C17H17BrN4O2. The maximum Gasteiger partial charge on any atom is 0.289 e. The molecule has 0 N–H and O–H groups in total. The van der Waals surface area contributed by atoms with Crippen LogP contribution in [0.5, 0.6) is 0 Å². The fourth-order valence-corrected chi connectivity index (χ4v) is 3.65. The fraction of sp³-hybridized carbons (Fsp3) is 0.353. The van der Waals surface area contributed by atoms with Crippen LogP contribution in [0.2, 0.25) is 0 Å². The van der Waals surface area contributed by atoms with Crippen LogP contribution in [0, 0.1) is 0 Å².